The number of carbonyl (C=O) groups excluding carboxylic acids is 1. The lowest BCUT2D eigenvalue weighted by Crippen LogP contribution is -2.43. The van der Waals surface area contributed by atoms with Crippen molar-refractivity contribution >= 4 is 16.9 Å². The highest BCUT2D eigenvalue weighted by Crippen LogP contribution is 2.24. The lowest BCUT2D eigenvalue weighted by atomic mass is 9.96. The first-order valence-electron chi connectivity index (χ1n) is 12.1. The molecule has 0 unspecified atom stereocenters. The fourth-order valence-corrected chi connectivity index (χ4v) is 4.75. The quantitative estimate of drug-likeness (QED) is 0.481. The number of piperidine rings is 1. The number of amides is 1. The highest BCUT2D eigenvalue weighted by Gasteiger charge is 2.28. The van der Waals surface area contributed by atoms with Gasteiger partial charge < -0.3 is 14.2 Å². The second-order valence-electron chi connectivity index (χ2n) is 9.14. The summed E-state index contributed by atoms with van der Waals surface area (Å²) in [4.78, 5) is 22.3. The van der Waals surface area contributed by atoms with Crippen LogP contribution in [0.25, 0.3) is 11.0 Å². The number of ether oxygens (including phenoxy) is 1. The van der Waals surface area contributed by atoms with Crippen molar-refractivity contribution in [2.24, 2.45) is 5.92 Å². The van der Waals surface area contributed by atoms with Crippen molar-refractivity contribution in [1.82, 2.24) is 19.4 Å². The average Bonchev–Trinajstić information content (AvgIpc) is 3.19. The Hall–Kier alpha value is -2.86. The van der Waals surface area contributed by atoms with E-state index in [2.05, 4.69) is 46.7 Å². The van der Waals surface area contributed by atoms with E-state index in [-0.39, 0.29) is 5.92 Å². The molecule has 33 heavy (non-hydrogen) atoms. The van der Waals surface area contributed by atoms with E-state index in [0.29, 0.717) is 5.91 Å². The van der Waals surface area contributed by atoms with Crippen molar-refractivity contribution in [2.75, 3.05) is 33.8 Å². The highest BCUT2D eigenvalue weighted by molar-refractivity contribution is 5.79. The van der Waals surface area contributed by atoms with Gasteiger partial charge in [0.2, 0.25) is 5.91 Å². The number of hydrogen-bond donors (Lipinski definition) is 0. The molecule has 2 heterocycles. The van der Waals surface area contributed by atoms with E-state index >= 15 is 0 Å². The fourth-order valence-electron chi connectivity index (χ4n) is 4.75. The Morgan fingerprint density at radius 3 is 2.70 bits per heavy atom. The first-order valence-corrected chi connectivity index (χ1v) is 12.1. The molecule has 1 amide bonds. The molecule has 1 atom stereocenters. The molecule has 1 aromatic heterocycles. The van der Waals surface area contributed by atoms with Crippen LogP contribution in [0.3, 0.4) is 0 Å². The van der Waals surface area contributed by atoms with Crippen LogP contribution in [0, 0.1) is 5.92 Å². The van der Waals surface area contributed by atoms with E-state index in [1.807, 2.05) is 30.1 Å². The van der Waals surface area contributed by atoms with E-state index in [1.54, 1.807) is 7.11 Å². The summed E-state index contributed by atoms with van der Waals surface area (Å²) < 4.78 is 7.63. The molecule has 4 rings (SSSR count). The molecule has 0 spiro atoms. The van der Waals surface area contributed by atoms with E-state index in [0.717, 1.165) is 81.0 Å². The van der Waals surface area contributed by atoms with Crippen LogP contribution in [0.4, 0.5) is 0 Å². The van der Waals surface area contributed by atoms with Crippen LogP contribution in [-0.2, 0) is 17.9 Å². The van der Waals surface area contributed by atoms with Gasteiger partial charge in [-0.25, -0.2) is 4.98 Å². The van der Waals surface area contributed by atoms with Crippen molar-refractivity contribution in [3.8, 4) is 5.75 Å². The first-order chi connectivity index (χ1) is 16.1. The van der Waals surface area contributed by atoms with Crippen molar-refractivity contribution in [1.29, 1.82) is 0 Å². The van der Waals surface area contributed by atoms with Gasteiger partial charge in [0, 0.05) is 26.7 Å². The zero-order valence-corrected chi connectivity index (χ0v) is 20.2. The summed E-state index contributed by atoms with van der Waals surface area (Å²) in [5, 5.41) is 0. The number of carbonyl (C=O) groups is 1. The van der Waals surface area contributed by atoms with Gasteiger partial charge in [-0.15, -0.1) is 0 Å². The molecule has 1 saturated heterocycles. The molecule has 6 nitrogen and oxygen atoms in total. The van der Waals surface area contributed by atoms with Crippen LogP contribution >= 0.6 is 0 Å². The number of benzene rings is 2. The van der Waals surface area contributed by atoms with Crippen LogP contribution in [0.2, 0.25) is 0 Å². The maximum atomic E-state index is 13.0. The predicted octanol–water partition coefficient (Wildman–Crippen LogP) is 4.56. The van der Waals surface area contributed by atoms with Crippen LogP contribution in [0.1, 0.15) is 44.0 Å². The summed E-state index contributed by atoms with van der Waals surface area (Å²) in [6, 6.07) is 16.6. The number of nitrogens with zero attached hydrogens (tertiary/aromatic N) is 4. The Morgan fingerprint density at radius 2 is 1.94 bits per heavy atom. The number of methoxy groups -OCH3 is 1. The summed E-state index contributed by atoms with van der Waals surface area (Å²) in [6.07, 6.45) is 4.21. The number of imidazole rings is 1. The molecule has 0 N–H and O–H groups in total. The molecule has 2 aromatic carbocycles. The SMILES string of the molecule is CCCCN(C)C(=O)[C@@H]1CCCN(Cc2nc3ccccc3n2Cc2ccc(OC)cc2)C1. The fraction of sp³-hybridized carbons (Fsp3) is 0.481. The van der Waals surface area contributed by atoms with Gasteiger partial charge in [-0.1, -0.05) is 37.6 Å². The van der Waals surface area contributed by atoms with E-state index < -0.39 is 0 Å². The highest BCUT2D eigenvalue weighted by atomic mass is 16.5. The number of hydrogen-bond acceptors (Lipinski definition) is 4. The Labute approximate surface area is 197 Å². The van der Waals surface area contributed by atoms with Crippen molar-refractivity contribution in [3.63, 3.8) is 0 Å². The van der Waals surface area contributed by atoms with Crippen molar-refractivity contribution in [2.45, 2.75) is 45.7 Å². The first kappa shape index (κ1) is 23.3. The number of unbranched alkanes of at least 4 members (excludes halogenated alkanes) is 1. The molecule has 1 fully saturated rings. The molecule has 0 radical (unpaired) electrons. The molecule has 0 bridgehead atoms. The molecule has 176 valence electrons. The van der Waals surface area contributed by atoms with E-state index in [4.69, 9.17) is 9.72 Å². The Kier molecular flexibility index (Phi) is 7.65. The predicted molar refractivity (Wildman–Crippen MR) is 132 cm³/mol. The van der Waals surface area contributed by atoms with Crippen LogP contribution in [0.15, 0.2) is 48.5 Å². The number of aromatic nitrogens is 2. The van der Waals surface area contributed by atoms with Gasteiger partial charge in [0.15, 0.2) is 0 Å². The van der Waals surface area contributed by atoms with Gasteiger partial charge in [0.05, 0.1) is 30.6 Å². The summed E-state index contributed by atoms with van der Waals surface area (Å²) in [7, 11) is 3.64. The van der Waals surface area contributed by atoms with Gasteiger partial charge >= 0.3 is 0 Å². The van der Waals surface area contributed by atoms with E-state index in [9.17, 15) is 4.79 Å². The maximum Gasteiger partial charge on any atom is 0.226 e. The van der Waals surface area contributed by atoms with Gasteiger partial charge in [0.1, 0.15) is 11.6 Å². The summed E-state index contributed by atoms with van der Waals surface area (Å²) >= 11 is 0. The summed E-state index contributed by atoms with van der Waals surface area (Å²) in [5.41, 5.74) is 3.38. The third kappa shape index (κ3) is 5.56. The Morgan fingerprint density at radius 1 is 1.15 bits per heavy atom. The minimum absolute atomic E-state index is 0.0834. The van der Waals surface area contributed by atoms with Gasteiger partial charge in [-0.05, 0) is 55.6 Å². The Bertz CT molecular complexity index is 1060. The van der Waals surface area contributed by atoms with E-state index in [1.165, 1.54) is 5.56 Å². The standard InChI is InChI=1S/C27H36N4O2/c1-4-5-16-29(2)27(32)22-9-8-17-30(19-22)20-26-28-24-10-6-7-11-25(24)31(26)18-21-12-14-23(33-3)15-13-21/h6-7,10-15,22H,4-5,8-9,16-20H2,1-3H3/t22-/m1/s1. The zero-order chi connectivity index (χ0) is 23.2. The number of fused-ring (bicyclic) bond motifs is 1. The number of para-hydroxylation sites is 2. The second kappa shape index (κ2) is 10.8. The van der Waals surface area contributed by atoms with Gasteiger partial charge in [0.25, 0.3) is 0 Å². The molecule has 0 aliphatic carbocycles. The average molecular weight is 449 g/mol. The minimum Gasteiger partial charge on any atom is -0.497 e. The second-order valence-corrected chi connectivity index (χ2v) is 9.14. The largest absolute Gasteiger partial charge is 0.497 e. The number of rotatable bonds is 9. The third-order valence-corrected chi connectivity index (χ3v) is 6.68. The topological polar surface area (TPSA) is 50.6 Å². The minimum atomic E-state index is 0.0834. The zero-order valence-electron chi connectivity index (χ0n) is 20.2. The molecule has 0 saturated carbocycles. The Balaban J connectivity index is 1.51. The maximum absolute atomic E-state index is 13.0. The van der Waals surface area contributed by atoms with Crippen LogP contribution in [0.5, 0.6) is 5.75 Å². The smallest absolute Gasteiger partial charge is 0.226 e. The van der Waals surface area contributed by atoms with Crippen LogP contribution in [-0.4, -0.2) is 59.0 Å². The van der Waals surface area contributed by atoms with Gasteiger partial charge in [-0.3, -0.25) is 9.69 Å². The molecular formula is C27H36N4O2. The molecule has 6 heteroatoms. The van der Waals surface area contributed by atoms with Gasteiger partial charge in [-0.2, -0.15) is 0 Å². The monoisotopic (exact) mass is 448 g/mol. The third-order valence-electron chi connectivity index (χ3n) is 6.68. The lowest BCUT2D eigenvalue weighted by molar-refractivity contribution is -0.136. The molecule has 3 aromatic rings. The van der Waals surface area contributed by atoms with Crippen molar-refractivity contribution < 1.29 is 9.53 Å². The van der Waals surface area contributed by atoms with Crippen molar-refractivity contribution in [3.05, 3.63) is 59.9 Å². The summed E-state index contributed by atoms with van der Waals surface area (Å²) in [5.74, 6) is 2.29. The summed E-state index contributed by atoms with van der Waals surface area (Å²) in [6.45, 7) is 6.35. The normalized spacial score (nSPS) is 16.8. The van der Waals surface area contributed by atoms with Crippen LogP contribution < -0.4 is 4.74 Å². The number of likely N-dealkylation sites (tertiary alicyclic amines) is 1. The molecular weight excluding hydrogens is 412 g/mol. The lowest BCUT2D eigenvalue weighted by Gasteiger charge is -2.33. The molecule has 1 aliphatic rings. The molecule has 1 aliphatic heterocycles.